The first-order chi connectivity index (χ1) is 20.9. The smallest absolute Gasteiger partial charge is 0.407 e. The number of benzene rings is 2. The second kappa shape index (κ2) is 14.4. The molecule has 44 heavy (non-hydrogen) atoms. The molecule has 13 nitrogen and oxygen atoms in total. The molecule has 2 fully saturated rings. The first-order valence-electron chi connectivity index (χ1n) is 14.4. The summed E-state index contributed by atoms with van der Waals surface area (Å²) >= 11 is 0. The summed E-state index contributed by atoms with van der Waals surface area (Å²) in [5, 5.41) is 34.8. The van der Waals surface area contributed by atoms with Crippen LogP contribution in [0.5, 0.6) is 0 Å². The highest BCUT2D eigenvalue weighted by Crippen LogP contribution is 2.33. The van der Waals surface area contributed by atoms with Crippen molar-refractivity contribution >= 4 is 21.8 Å². The summed E-state index contributed by atoms with van der Waals surface area (Å²) in [5.74, 6) is -0.0931. The zero-order valence-corrected chi connectivity index (χ0v) is 25.5. The van der Waals surface area contributed by atoms with Crippen LogP contribution in [0.15, 0.2) is 59.5 Å². The van der Waals surface area contributed by atoms with E-state index >= 15 is 0 Å². The molecule has 0 aromatic heterocycles. The minimum Gasteiger partial charge on any atom is -0.443 e. The summed E-state index contributed by atoms with van der Waals surface area (Å²) in [6, 6.07) is 14.9. The number of ether oxygens (including phenoxy) is 3. The fraction of sp³-hybridized carbons (Fsp3) is 0.533. The SMILES string of the molecule is CC(C)(CCC#N)CN(CC(O)[C@H](Cc1ccccc1)NC(=O)OC1COC2OCCC12)S(=O)(=O)c1cccc([N+](=O)[O-])c1. The number of hydrogen-bond acceptors (Lipinski definition) is 10. The van der Waals surface area contributed by atoms with E-state index in [9.17, 15) is 28.4 Å². The molecule has 5 atom stereocenters. The van der Waals surface area contributed by atoms with E-state index in [0.29, 0.717) is 19.4 Å². The third kappa shape index (κ3) is 8.52. The number of aliphatic hydroxyl groups is 1. The van der Waals surface area contributed by atoms with Crippen molar-refractivity contribution in [3.8, 4) is 6.07 Å². The molecule has 14 heteroatoms. The molecule has 2 heterocycles. The van der Waals surface area contributed by atoms with Crippen molar-refractivity contribution in [1.82, 2.24) is 9.62 Å². The molecule has 2 aromatic rings. The van der Waals surface area contributed by atoms with Crippen molar-refractivity contribution in [3.05, 3.63) is 70.3 Å². The van der Waals surface area contributed by atoms with Gasteiger partial charge in [-0.15, -0.1) is 0 Å². The molecule has 2 saturated heterocycles. The average Bonchev–Trinajstić information content (AvgIpc) is 3.61. The van der Waals surface area contributed by atoms with Crippen molar-refractivity contribution in [3.63, 3.8) is 0 Å². The third-order valence-corrected chi connectivity index (χ3v) is 9.69. The number of hydrogen-bond donors (Lipinski definition) is 2. The van der Waals surface area contributed by atoms with Gasteiger partial charge in [0, 0.05) is 31.6 Å². The van der Waals surface area contributed by atoms with E-state index in [1.54, 1.807) is 13.8 Å². The van der Waals surface area contributed by atoms with E-state index in [4.69, 9.17) is 19.5 Å². The quantitative estimate of drug-likeness (QED) is 0.232. The molecule has 2 N–H and O–H groups in total. The van der Waals surface area contributed by atoms with Crippen LogP contribution < -0.4 is 5.32 Å². The Labute approximate surface area is 256 Å². The Hall–Kier alpha value is -3.61. The molecule has 2 aliphatic rings. The van der Waals surface area contributed by atoms with Crippen LogP contribution in [0, 0.1) is 32.8 Å². The Bertz CT molecular complexity index is 1450. The highest BCUT2D eigenvalue weighted by molar-refractivity contribution is 7.89. The molecule has 1 amide bonds. The number of carbonyl (C=O) groups excluding carboxylic acids is 1. The standard InChI is InChI=1S/C30H38N4O9S/c1-30(2,13-7-14-31)20-33(44(39,40)23-11-6-10-22(17-23)34(37)38)18-26(35)25(16-21-8-4-3-5-9-21)32-29(36)43-27-19-42-28-24(27)12-15-41-28/h3-6,8-11,17,24-28,35H,7,12-13,15-16,18-20H2,1-2H3,(H,32,36)/t24?,25-,26?,27?,28?/m0/s1. The monoisotopic (exact) mass is 630 g/mol. The van der Waals surface area contributed by atoms with E-state index in [0.717, 1.165) is 15.9 Å². The predicted molar refractivity (Wildman–Crippen MR) is 158 cm³/mol. The Morgan fingerprint density at radius 3 is 2.70 bits per heavy atom. The summed E-state index contributed by atoms with van der Waals surface area (Å²) in [5.41, 5.74) is -0.299. The molecule has 238 valence electrons. The first-order valence-corrected chi connectivity index (χ1v) is 15.9. The van der Waals surface area contributed by atoms with Crippen molar-refractivity contribution in [2.75, 3.05) is 26.3 Å². The van der Waals surface area contributed by atoms with E-state index < -0.39 is 63.2 Å². The lowest BCUT2D eigenvalue weighted by Crippen LogP contribution is -2.52. The van der Waals surface area contributed by atoms with Gasteiger partial charge in [-0.05, 0) is 36.3 Å². The third-order valence-electron chi connectivity index (χ3n) is 7.88. The van der Waals surface area contributed by atoms with Crippen molar-refractivity contribution in [1.29, 1.82) is 5.26 Å². The van der Waals surface area contributed by atoms with Gasteiger partial charge in [-0.3, -0.25) is 10.1 Å². The second-order valence-corrected chi connectivity index (χ2v) is 13.8. The zero-order valence-electron chi connectivity index (χ0n) is 24.7. The number of nitrogens with zero attached hydrogens (tertiary/aromatic N) is 3. The lowest BCUT2D eigenvalue weighted by molar-refractivity contribution is -0.385. The maximum atomic E-state index is 13.9. The van der Waals surface area contributed by atoms with Gasteiger partial charge in [0.15, 0.2) is 6.29 Å². The summed E-state index contributed by atoms with van der Waals surface area (Å²) in [6.07, 6.45) is -1.74. The number of nitro groups is 1. The number of amides is 1. The molecule has 4 rings (SSSR count). The van der Waals surface area contributed by atoms with Crippen LogP contribution in [0.2, 0.25) is 0 Å². The van der Waals surface area contributed by atoms with Gasteiger partial charge in [0.2, 0.25) is 10.0 Å². The Morgan fingerprint density at radius 1 is 1.25 bits per heavy atom. The number of rotatable bonds is 14. The molecule has 0 spiro atoms. The van der Waals surface area contributed by atoms with Gasteiger partial charge in [-0.2, -0.15) is 9.57 Å². The molecule has 0 radical (unpaired) electrons. The lowest BCUT2D eigenvalue weighted by atomic mass is 9.88. The summed E-state index contributed by atoms with van der Waals surface area (Å²) in [6.45, 7) is 3.75. The fourth-order valence-electron chi connectivity index (χ4n) is 5.46. The number of aliphatic hydroxyl groups excluding tert-OH is 1. The largest absolute Gasteiger partial charge is 0.443 e. The fourth-order valence-corrected chi connectivity index (χ4v) is 7.15. The maximum Gasteiger partial charge on any atom is 0.407 e. The Balaban J connectivity index is 1.59. The van der Waals surface area contributed by atoms with E-state index in [-0.39, 0.29) is 36.8 Å². The van der Waals surface area contributed by atoms with Crippen LogP contribution in [0.25, 0.3) is 0 Å². The summed E-state index contributed by atoms with van der Waals surface area (Å²) in [7, 11) is -4.36. The topological polar surface area (TPSA) is 181 Å². The van der Waals surface area contributed by atoms with E-state index in [2.05, 4.69) is 11.4 Å². The molecule has 2 aliphatic heterocycles. The zero-order chi connectivity index (χ0) is 31.9. The Kier molecular flexibility index (Phi) is 10.9. The van der Waals surface area contributed by atoms with Crippen molar-refractivity contribution in [2.24, 2.45) is 11.3 Å². The van der Waals surface area contributed by atoms with Gasteiger partial charge >= 0.3 is 6.09 Å². The summed E-state index contributed by atoms with van der Waals surface area (Å²) < 4.78 is 45.6. The van der Waals surface area contributed by atoms with Crippen LogP contribution in [-0.2, 0) is 30.7 Å². The van der Waals surface area contributed by atoms with Gasteiger partial charge in [0.05, 0.1) is 47.2 Å². The van der Waals surface area contributed by atoms with Gasteiger partial charge in [0.1, 0.15) is 6.10 Å². The normalized spacial score (nSPS) is 21.3. The number of fused-ring (bicyclic) bond motifs is 1. The van der Waals surface area contributed by atoms with Crippen LogP contribution in [-0.4, -0.2) is 79.7 Å². The number of nitriles is 1. The minimum atomic E-state index is -4.36. The minimum absolute atomic E-state index is 0.0931. The number of non-ortho nitro benzene ring substituents is 1. The number of alkyl carbamates (subject to hydrolysis) is 1. The van der Waals surface area contributed by atoms with Gasteiger partial charge in [0.25, 0.3) is 5.69 Å². The van der Waals surface area contributed by atoms with Crippen LogP contribution in [0.1, 0.15) is 38.7 Å². The van der Waals surface area contributed by atoms with Gasteiger partial charge < -0.3 is 24.6 Å². The van der Waals surface area contributed by atoms with Crippen LogP contribution in [0.3, 0.4) is 0 Å². The summed E-state index contributed by atoms with van der Waals surface area (Å²) in [4.78, 5) is 23.5. The first kappa shape index (κ1) is 33.3. The highest BCUT2D eigenvalue weighted by atomic mass is 32.2. The lowest BCUT2D eigenvalue weighted by Gasteiger charge is -2.34. The molecular formula is C30H38N4O9S. The second-order valence-electron chi connectivity index (χ2n) is 11.9. The van der Waals surface area contributed by atoms with Gasteiger partial charge in [-0.25, -0.2) is 13.2 Å². The van der Waals surface area contributed by atoms with Crippen LogP contribution >= 0.6 is 0 Å². The maximum absolute atomic E-state index is 13.9. The van der Waals surface area contributed by atoms with Crippen molar-refractivity contribution < 1.29 is 37.5 Å². The van der Waals surface area contributed by atoms with Crippen LogP contribution in [0.4, 0.5) is 10.5 Å². The average molecular weight is 631 g/mol. The molecular weight excluding hydrogens is 592 g/mol. The molecule has 4 unspecified atom stereocenters. The number of nitrogens with one attached hydrogen (secondary N) is 1. The number of nitro benzene ring substituents is 1. The molecule has 0 saturated carbocycles. The highest BCUT2D eigenvalue weighted by Gasteiger charge is 2.44. The predicted octanol–water partition coefficient (Wildman–Crippen LogP) is 3.38. The Morgan fingerprint density at radius 2 is 2.00 bits per heavy atom. The van der Waals surface area contributed by atoms with Gasteiger partial charge in [-0.1, -0.05) is 50.2 Å². The van der Waals surface area contributed by atoms with E-state index in [1.807, 2.05) is 30.3 Å². The molecule has 0 aliphatic carbocycles. The number of sulfonamides is 1. The number of carbonyl (C=O) groups is 1. The molecule has 0 bridgehead atoms. The van der Waals surface area contributed by atoms with Crippen molar-refractivity contribution in [2.45, 2.75) is 69.0 Å². The molecule has 2 aromatic carbocycles. The van der Waals surface area contributed by atoms with E-state index in [1.165, 1.54) is 18.2 Å².